The van der Waals surface area contributed by atoms with Crippen LogP contribution >= 0.6 is 0 Å². The third-order valence-electron chi connectivity index (χ3n) is 4.50. The van der Waals surface area contributed by atoms with Gasteiger partial charge in [0.2, 0.25) is 11.8 Å². The van der Waals surface area contributed by atoms with E-state index in [1.54, 1.807) is 17.0 Å². The Kier molecular flexibility index (Phi) is 5.72. The van der Waals surface area contributed by atoms with Crippen molar-refractivity contribution < 1.29 is 14.3 Å². The molecule has 2 amide bonds. The summed E-state index contributed by atoms with van der Waals surface area (Å²) in [4.78, 5) is 26.6. The number of ether oxygens (including phenoxy) is 1. The summed E-state index contributed by atoms with van der Waals surface area (Å²) >= 11 is 0. The van der Waals surface area contributed by atoms with Crippen molar-refractivity contribution in [3.8, 4) is 11.8 Å². The number of hydrogen-bond donors (Lipinski definition) is 1. The zero-order chi connectivity index (χ0) is 19.2. The maximum Gasteiger partial charge on any atom is 0.227 e. The van der Waals surface area contributed by atoms with Crippen molar-refractivity contribution >= 4 is 17.5 Å². The van der Waals surface area contributed by atoms with Crippen LogP contribution in [-0.4, -0.2) is 25.0 Å². The van der Waals surface area contributed by atoms with E-state index in [2.05, 4.69) is 11.4 Å². The van der Waals surface area contributed by atoms with E-state index in [9.17, 15) is 9.59 Å². The normalized spacial score (nSPS) is 16.1. The summed E-state index contributed by atoms with van der Waals surface area (Å²) in [6.07, 6.45) is 0.180. The first-order chi connectivity index (χ1) is 13.1. The van der Waals surface area contributed by atoms with Crippen molar-refractivity contribution in [1.82, 2.24) is 5.32 Å². The van der Waals surface area contributed by atoms with Gasteiger partial charge in [-0.15, -0.1) is 0 Å². The van der Waals surface area contributed by atoms with Crippen LogP contribution in [0.25, 0.3) is 0 Å². The Morgan fingerprint density at radius 1 is 1.26 bits per heavy atom. The molecular weight excluding hydrogens is 342 g/mol. The predicted molar refractivity (Wildman–Crippen MR) is 101 cm³/mol. The number of anilines is 1. The van der Waals surface area contributed by atoms with Crippen LogP contribution in [0.15, 0.2) is 48.5 Å². The summed E-state index contributed by atoms with van der Waals surface area (Å²) in [6, 6.07) is 16.5. The quantitative estimate of drug-likeness (QED) is 0.855. The second-order valence-corrected chi connectivity index (χ2v) is 6.33. The number of nitriles is 1. The lowest BCUT2D eigenvalue weighted by molar-refractivity contribution is -0.126. The Labute approximate surface area is 158 Å². The summed E-state index contributed by atoms with van der Waals surface area (Å²) in [7, 11) is 0. The Morgan fingerprint density at radius 3 is 2.70 bits per heavy atom. The fourth-order valence-electron chi connectivity index (χ4n) is 3.10. The van der Waals surface area contributed by atoms with Crippen molar-refractivity contribution in [2.45, 2.75) is 19.9 Å². The molecule has 0 aromatic heterocycles. The molecule has 0 bridgehead atoms. The van der Waals surface area contributed by atoms with Gasteiger partial charge in [-0.05, 0) is 36.8 Å². The van der Waals surface area contributed by atoms with Crippen LogP contribution in [0, 0.1) is 17.2 Å². The molecule has 0 saturated carbocycles. The zero-order valence-corrected chi connectivity index (χ0v) is 15.1. The number of rotatable bonds is 6. The molecule has 6 heteroatoms. The molecule has 27 heavy (non-hydrogen) atoms. The van der Waals surface area contributed by atoms with E-state index < -0.39 is 5.92 Å². The Morgan fingerprint density at radius 2 is 2.00 bits per heavy atom. The van der Waals surface area contributed by atoms with E-state index in [-0.39, 0.29) is 18.2 Å². The summed E-state index contributed by atoms with van der Waals surface area (Å²) in [6.45, 7) is 3.10. The van der Waals surface area contributed by atoms with Crippen LogP contribution in [0.3, 0.4) is 0 Å². The number of amides is 2. The minimum Gasteiger partial charge on any atom is -0.492 e. The van der Waals surface area contributed by atoms with Gasteiger partial charge >= 0.3 is 0 Å². The van der Waals surface area contributed by atoms with Gasteiger partial charge in [-0.3, -0.25) is 9.59 Å². The zero-order valence-electron chi connectivity index (χ0n) is 15.1. The molecule has 138 valence electrons. The van der Waals surface area contributed by atoms with E-state index in [0.29, 0.717) is 36.7 Å². The molecule has 1 aliphatic rings. The van der Waals surface area contributed by atoms with Gasteiger partial charge in [0.15, 0.2) is 0 Å². The smallest absolute Gasteiger partial charge is 0.227 e. The lowest BCUT2D eigenvalue weighted by atomic mass is 10.1. The lowest BCUT2D eigenvalue weighted by Gasteiger charge is -2.20. The average molecular weight is 363 g/mol. The highest BCUT2D eigenvalue weighted by Gasteiger charge is 2.36. The highest BCUT2D eigenvalue weighted by molar-refractivity contribution is 6.01. The van der Waals surface area contributed by atoms with Gasteiger partial charge < -0.3 is 15.0 Å². The molecule has 1 fully saturated rings. The van der Waals surface area contributed by atoms with Gasteiger partial charge in [0.1, 0.15) is 5.75 Å². The largest absolute Gasteiger partial charge is 0.492 e. The number of carbonyl (C=O) groups excluding carboxylic acids is 2. The second-order valence-electron chi connectivity index (χ2n) is 6.33. The van der Waals surface area contributed by atoms with Crippen LogP contribution in [0.1, 0.15) is 24.5 Å². The standard InChI is InChI=1S/C21H21N3O3/c1-2-27-19-6-4-3-5-18(19)24-14-17(11-20(24)25)21(26)23-13-16-9-7-15(12-22)8-10-16/h3-10,17H,2,11,13-14H2,1H3,(H,23,26). The number of nitrogens with zero attached hydrogens (tertiary/aromatic N) is 2. The summed E-state index contributed by atoms with van der Waals surface area (Å²) in [5, 5.41) is 11.7. The average Bonchev–Trinajstić information content (AvgIpc) is 3.09. The molecule has 3 rings (SSSR count). The fourth-order valence-corrected chi connectivity index (χ4v) is 3.10. The van der Waals surface area contributed by atoms with Gasteiger partial charge in [0, 0.05) is 19.5 Å². The van der Waals surface area contributed by atoms with E-state index in [4.69, 9.17) is 10.00 Å². The second kappa shape index (κ2) is 8.37. The van der Waals surface area contributed by atoms with Crippen LogP contribution in [-0.2, 0) is 16.1 Å². The first kappa shape index (κ1) is 18.5. The first-order valence-corrected chi connectivity index (χ1v) is 8.91. The summed E-state index contributed by atoms with van der Waals surface area (Å²) in [5.41, 5.74) is 2.19. The number of hydrogen-bond acceptors (Lipinski definition) is 4. The van der Waals surface area contributed by atoms with Crippen LogP contribution in [0.2, 0.25) is 0 Å². The molecule has 0 aliphatic carbocycles. The maximum absolute atomic E-state index is 12.5. The Bertz CT molecular complexity index is 871. The van der Waals surface area contributed by atoms with Crippen molar-refractivity contribution in [1.29, 1.82) is 5.26 Å². The summed E-state index contributed by atoms with van der Waals surface area (Å²) < 4.78 is 5.60. The maximum atomic E-state index is 12.5. The fraction of sp³-hybridized carbons (Fsp3) is 0.286. The lowest BCUT2D eigenvalue weighted by Crippen LogP contribution is -2.32. The molecular formula is C21H21N3O3. The van der Waals surface area contributed by atoms with E-state index in [1.807, 2.05) is 43.3 Å². The Hall–Kier alpha value is -3.33. The Balaban J connectivity index is 1.63. The number of nitrogens with one attached hydrogen (secondary N) is 1. The molecule has 1 N–H and O–H groups in total. The molecule has 1 heterocycles. The predicted octanol–water partition coefficient (Wildman–Crippen LogP) is 2.63. The number of para-hydroxylation sites is 2. The third-order valence-corrected chi connectivity index (χ3v) is 4.50. The molecule has 1 unspecified atom stereocenters. The minimum atomic E-state index is -0.398. The van der Waals surface area contributed by atoms with Gasteiger partial charge in [0.25, 0.3) is 0 Å². The van der Waals surface area contributed by atoms with Gasteiger partial charge in [-0.2, -0.15) is 5.26 Å². The van der Waals surface area contributed by atoms with E-state index >= 15 is 0 Å². The highest BCUT2D eigenvalue weighted by atomic mass is 16.5. The van der Waals surface area contributed by atoms with Gasteiger partial charge in [-0.1, -0.05) is 24.3 Å². The van der Waals surface area contributed by atoms with Crippen molar-refractivity contribution in [3.63, 3.8) is 0 Å². The van der Waals surface area contributed by atoms with Gasteiger partial charge in [0.05, 0.1) is 29.8 Å². The molecule has 6 nitrogen and oxygen atoms in total. The SMILES string of the molecule is CCOc1ccccc1N1CC(C(=O)NCc2ccc(C#N)cc2)CC1=O. The van der Waals surface area contributed by atoms with Crippen LogP contribution in [0.4, 0.5) is 5.69 Å². The highest BCUT2D eigenvalue weighted by Crippen LogP contribution is 2.33. The topological polar surface area (TPSA) is 82.4 Å². The molecule has 2 aromatic carbocycles. The van der Waals surface area contributed by atoms with Crippen molar-refractivity contribution in [2.24, 2.45) is 5.92 Å². The molecule has 1 aliphatic heterocycles. The molecule has 0 spiro atoms. The van der Waals surface area contributed by atoms with Crippen LogP contribution < -0.4 is 15.0 Å². The minimum absolute atomic E-state index is 0.0827. The van der Waals surface area contributed by atoms with E-state index in [0.717, 1.165) is 5.56 Å². The monoisotopic (exact) mass is 363 g/mol. The molecule has 1 atom stereocenters. The van der Waals surface area contributed by atoms with Crippen molar-refractivity contribution in [2.75, 3.05) is 18.1 Å². The third kappa shape index (κ3) is 4.26. The van der Waals surface area contributed by atoms with E-state index in [1.165, 1.54) is 0 Å². The van der Waals surface area contributed by atoms with Gasteiger partial charge in [-0.25, -0.2) is 0 Å². The number of carbonyl (C=O) groups is 2. The first-order valence-electron chi connectivity index (χ1n) is 8.91. The molecule has 2 aromatic rings. The van der Waals surface area contributed by atoms with Crippen molar-refractivity contribution in [3.05, 3.63) is 59.7 Å². The van der Waals surface area contributed by atoms with Crippen LogP contribution in [0.5, 0.6) is 5.75 Å². The molecule has 1 saturated heterocycles. The summed E-state index contributed by atoms with van der Waals surface area (Å²) in [5.74, 6) is 0.0160. The number of benzene rings is 2. The molecule has 0 radical (unpaired) electrons.